The molecule has 1 aliphatic heterocycles. The van der Waals surface area contributed by atoms with E-state index in [0.29, 0.717) is 31.6 Å². The second-order valence-electron chi connectivity index (χ2n) is 6.96. The van der Waals surface area contributed by atoms with E-state index < -0.39 is 0 Å². The first kappa shape index (κ1) is 19.4. The second kappa shape index (κ2) is 8.23. The first-order valence-corrected chi connectivity index (χ1v) is 9.54. The third-order valence-electron chi connectivity index (χ3n) is 5.22. The molecule has 0 amide bonds. The summed E-state index contributed by atoms with van der Waals surface area (Å²) in [5.74, 6) is 0. The number of aryl methyl sites for hydroxylation is 2. The zero-order valence-electron chi connectivity index (χ0n) is 15.9. The number of ether oxygens (including phenoxy) is 1. The van der Waals surface area contributed by atoms with Gasteiger partial charge in [-0.15, -0.1) is 12.4 Å². The van der Waals surface area contributed by atoms with Gasteiger partial charge in [0.25, 0.3) is 5.56 Å². The summed E-state index contributed by atoms with van der Waals surface area (Å²) in [5.41, 5.74) is 2.85. The minimum absolute atomic E-state index is 0. The number of benzene rings is 1. The summed E-state index contributed by atoms with van der Waals surface area (Å²) in [4.78, 5) is 19.8. The Hall–Kier alpha value is -2.90. The Bertz CT molecular complexity index is 1160. The van der Waals surface area contributed by atoms with Gasteiger partial charge in [-0.05, 0) is 24.3 Å². The molecule has 0 aliphatic carbocycles. The van der Waals surface area contributed by atoms with Crippen LogP contribution in [0.5, 0.6) is 0 Å². The van der Waals surface area contributed by atoms with E-state index in [1.165, 1.54) is 4.68 Å². The maximum Gasteiger partial charge on any atom is 0.274 e. The summed E-state index contributed by atoms with van der Waals surface area (Å²) in [6.45, 7) is 3.58. The van der Waals surface area contributed by atoms with E-state index in [1.807, 2.05) is 53.3 Å². The molecule has 1 fully saturated rings. The highest BCUT2D eigenvalue weighted by Gasteiger charge is 2.16. The topological polar surface area (TPSA) is 64.7 Å². The van der Waals surface area contributed by atoms with Crippen LogP contribution in [-0.2, 0) is 17.7 Å². The van der Waals surface area contributed by atoms with Crippen molar-refractivity contribution in [3.63, 3.8) is 0 Å². The van der Waals surface area contributed by atoms with Crippen LogP contribution in [0, 0.1) is 0 Å². The van der Waals surface area contributed by atoms with Crippen LogP contribution < -0.4 is 10.5 Å². The number of hydrogen-bond acceptors (Lipinski definition) is 5. The summed E-state index contributed by atoms with van der Waals surface area (Å²) in [6, 6.07) is 11.8. The Morgan fingerprint density at radius 2 is 1.90 bits per heavy atom. The average Bonchev–Trinajstić information content (AvgIpc) is 3.17. The Kier molecular flexibility index (Phi) is 5.51. The molecule has 1 aliphatic rings. The van der Waals surface area contributed by atoms with Crippen molar-refractivity contribution in [1.29, 1.82) is 0 Å². The molecule has 0 unspecified atom stereocenters. The molecule has 0 N–H and O–H groups in total. The molecule has 150 valence electrons. The zero-order valence-corrected chi connectivity index (χ0v) is 16.7. The van der Waals surface area contributed by atoms with Gasteiger partial charge in [0.05, 0.1) is 37.0 Å². The number of nitrogens with zero attached hydrogens (tertiary/aromatic N) is 5. The van der Waals surface area contributed by atoms with Gasteiger partial charge in [0.15, 0.2) is 0 Å². The lowest BCUT2D eigenvalue weighted by atomic mass is 10.1. The first-order chi connectivity index (χ1) is 13.8. The lowest BCUT2D eigenvalue weighted by Crippen LogP contribution is -2.36. The van der Waals surface area contributed by atoms with E-state index in [1.54, 1.807) is 0 Å². The summed E-state index contributed by atoms with van der Waals surface area (Å²) in [7, 11) is 0. The van der Waals surface area contributed by atoms with E-state index in [9.17, 15) is 4.79 Å². The molecule has 0 spiro atoms. The highest BCUT2D eigenvalue weighted by Crippen LogP contribution is 2.25. The number of morpholine rings is 1. The summed E-state index contributed by atoms with van der Waals surface area (Å²) in [6.07, 6.45) is 6.44. The van der Waals surface area contributed by atoms with Crippen molar-refractivity contribution in [3.8, 4) is 0 Å². The highest BCUT2D eigenvalue weighted by atomic mass is 35.5. The van der Waals surface area contributed by atoms with E-state index >= 15 is 0 Å². The molecule has 29 heavy (non-hydrogen) atoms. The lowest BCUT2D eigenvalue weighted by molar-refractivity contribution is 0.123. The Morgan fingerprint density at radius 1 is 1.03 bits per heavy atom. The number of imidazole rings is 1. The number of hydrogen-bond donors (Lipinski definition) is 0. The number of halogens is 1. The average molecular weight is 412 g/mol. The lowest BCUT2D eigenvalue weighted by Gasteiger charge is -2.29. The highest BCUT2D eigenvalue weighted by molar-refractivity contribution is 5.93. The van der Waals surface area contributed by atoms with Crippen LogP contribution in [0.15, 0.2) is 59.8 Å². The normalized spacial score (nSPS) is 14.3. The van der Waals surface area contributed by atoms with Gasteiger partial charge in [0.2, 0.25) is 0 Å². The van der Waals surface area contributed by atoms with Gasteiger partial charge in [-0.3, -0.25) is 4.79 Å². The molecule has 0 saturated carbocycles. The van der Waals surface area contributed by atoms with Crippen LogP contribution in [0.2, 0.25) is 0 Å². The van der Waals surface area contributed by atoms with Crippen molar-refractivity contribution >= 4 is 34.5 Å². The van der Waals surface area contributed by atoms with Crippen LogP contribution in [0.25, 0.3) is 16.4 Å². The monoisotopic (exact) mass is 411 g/mol. The van der Waals surface area contributed by atoms with Gasteiger partial charge in [-0.1, -0.05) is 12.1 Å². The fourth-order valence-electron chi connectivity index (χ4n) is 3.76. The van der Waals surface area contributed by atoms with Crippen molar-refractivity contribution in [3.05, 3.63) is 71.0 Å². The molecule has 7 nitrogen and oxygen atoms in total. The Morgan fingerprint density at radius 3 is 2.72 bits per heavy atom. The molecular formula is C21H22ClN5O2. The molecule has 1 aromatic carbocycles. The Balaban J connectivity index is 0.00000205. The van der Waals surface area contributed by atoms with Crippen molar-refractivity contribution in [1.82, 2.24) is 19.2 Å². The molecule has 8 heteroatoms. The minimum Gasteiger partial charge on any atom is -0.378 e. The standard InChI is InChI=1S/C21H21N5O2.ClH/c27-21-17-4-3-5-19(24-10-12-28-13-11-24)18(17)14-22-26(21)9-7-16-15-25-8-2-1-6-20(25)23-16;/h1-6,8,14-15H,7,9-13H2;1H. The number of fused-ring (bicyclic) bond motifs is 2. The van der Waals surface area contributed by atoms with Crippen molar-refractivity contribution in [2.45, 2.75) is 13.0 Å². The smallest absolute Gasteiger partial charge is 0.274 e. The predicted octanol–water partition coefficient (Wildman–Crippen LogP) is 2.55. The zero-order chi connectivity index (χ0) is 18.9. The third kappa shape index (κ3) is 3.71. The fraction of sp³-hybridized carbons (Fsp3) is 0.286. The second-order valence-corrected chi connectivity index (χ2v) is 6.96. The minimum atomic E-state index is -0.0589. The summed E-state index contributed by atoms with van der Waals surface area (Å²) in [5, 5.41) is 6.05. The van der Waals surface area contributed by atoms with Crippen molar-refractivity contribution in [2.75, 3.05) is 31.2 Å². The SMILES string of the molecule is Cl.O=c1c2cccc(N3CCOCC3)c2cnn1CCc1cn2ccccc2n1. The van der Waals surface area contributed by atoms with E-state index in [4.69, 9.17) is 4.74 Å². The van der Waals surface area contributed by atoms with Crippen LogP contribution in [0.1, 0.15) is 5.69 Å². The predicted molar refractivity (Wildman–Crippen MR) is 115 cm³/mol. The maximum atomic E-state index is 13.0. The van der Waals surface area contributed by atoms with Gasteiger partial charge in [-0.2, -0.15) is 5.10 Å². The molecule has 3 aromatic heterocycles. The maximum absolute atomic E-state index is 13.0. The molecule has 4 heterocycles. The summed E-state index contributed by atoms with van der Waals surface area (Å²) < 4.78 is 8.96. The number of aromatic nitrogens is 4. The molecule has 0 atom stereocenters. The van der Waals surface area contributed by atoms with Crippen LogP contribution in [-0.4, -0.2) is 45.5 Å². The van der Waals surface area contributed by atoms with E-state index in [2.05, 4.69) is 21.0 Å². The molecule has 0 radical (unpaired) electrons. The van der Waals surface area contributed by atoms with E-state index in [0.717, 1.165) is 35.5 Å². The number of rotatable bonds is 4. The van der Waals surface area contributed by atoms with Gasteiger partial charge < -0.3 is 14.0 Å². The quantitative estimate of drug-likeness (QED) is 0.516. The molecule has 1 saturated heterocycles. The molecule has 4 aromatic rings. The molecule has 5 rings (SSSR count). The van der Waals surface area contributed by atoms with Crippen LogP contribution in [0.4, 0.5) is 5.69 Å². The van der Waals surface area contributed by atoms with Crippen molar-refractivity contribution in [2.24, 2.45) is 0 Å². The molecule has 0 bridgehead atoms. The van der Waals surface area contributed by atoms with Crippen molar-refractivity contribution < 1.29 is 4.74 Å². The van der Waals surface area contributed by atoms with Gasteiger partial charge in [-0.25, -0.2) is 9.67 Å². The fourth-order valence-corrected chi connectivity index (χ4v) is 3.76. The van der Waals surface area contributed by atoms with Gasteiger partial charge in [0.1, 0.15) is 5.65 Å². The first-order valence-electron chi connectivity index (χ1n) is 9.54. The largest absolute Gasteiger partial charge is 0.378 e. The van der Waals surface area contributed by atoms with E-state index in [-0.39, 0.29) is 18.0 Å². The summed E-state index contributed by atoms with van der Waals surface area (Å²) >= 11 is 0. The van der Waals surface area contributed by atoms with Crippen LogP contribution in [0.3, 0.4) is 0 Å². The number of anilines is 1. The number of pyridine rings is 1. The van der Waals surface area contributed by atoms with Crippen LogP contribution >= 0.6 is 12.4 Å². The van der Waals surface area contributed by atoms with Gasteiger partial charge >= 0.3 is 0 Å². The van der Waals surface area contributed by atoms with Gasteiger partial charge in [0, 0.05) is 43.0 Å². The molecular weight excluding hydrogens is 390 g/mol. The third-order valence-corrected chi connectivity index (χ3v) is 5.22. The Labute approximate surface area is 173 Å².